The number of allylic oxidation sites excluding steroid dienone is 2. The second-order valence-corrected chi connectivity index (χ2v) is 7.16. The Bertz CT molecular complexity index is 1120. The number of benzene rings is 1. The van der Waals surface area contributed by atoms with E-state index in [1.807, 2.05) is 24.4 Å². The summed E-state index contributed by atoms with van der Waals surface area (Å²) < 4.78 is 0. The normalized spacial score (nSPS) is 16.4. The monoisotopic (exact) mass is 359 g/mol. The lowest BCUT2D eigenvalue weighted by Crippen LogP contribution is -2.15. The van der Waals surface area contributed by atoms with Crippen LogP contribution in [0.15, 0.2) is 53.5 Å². The lowest BCUT2D eigenvalue weighted by Gasteiger charge is -2.08. The van der Waals surface area contributed by atoms with Crippen LogP contribution >= 0.6 is 0 Å². The number of hydrogen-bond acceptors (Lipinski definition) is 4. The molecule has 1 aliphatic heterocycles. The maximum atomic E-state index is 12.4. The molecule has 3 heterocycles. The molecule has 1 aromatic carbocycles. The van der Waals surface area contributed by atoms with Gasteiger partial charge in [0.15, 0.2) is 0 Å². The standard InChI is InChI=1S/C21H21N5O/c27-21-17(11-19(25-26-21)14-5-7-22-8-6-14)20-10-15-2-1-13(9-18(15)24-20)12-23-16-3-4-16/h1-2,5-7,9-11,16,22-24H,3-4,8,12H2,(H,26,27). The van der Waals surface area contributed by atoms with Crippen molar-refractivity contribution < 1.29 is 0 Å². The van der Waals surface area contributed by atoms with Gasteiger partial charge >= 0.3 is 0 Å². The second-order valence-electron chi connectivity index (χ2n) is 7.16. The van der Waals surface area contributed by atoms with Gasteiger partial charge in [-0.1, -0.05) is 18.2 Å². The molecule has 1 fully saturated rings. The van der Waals surface area contributed by atoms with Crippen LogP contribution in [-0.2, 0) is 6.54 Å². The molecule has 1 aliphatic carbocycles. The Morgan fingerprint density at radius 3 is 2.93 bits per heavy atom. The molecule has 4 N–H and O–H groups in total. The molecule has 0 bridgehead atoms. The lowest BCUT2D eigenvalue weighted by molar-refractivity contribution is 0.688. The second kappa shape index (κ2) is 6.55. The first-order chi connectivity index (χ1) is 13.3. The first-order valence-electron chi connectivity index (χ1n) is 9.32. The molecular formula is C21H21N5O. The summed E-state index contributed by atoms with van der Waals surface area (Å²) in [5.74, 6) is 0. The van der Waals surface area contributed by atoms with E-state index in [0.29, 0.717) is 11.6 Å². The van der Waals surface area contributed by atoms with Crippen LogP contribution in [0.1, 0.15) is 24.1 Å². The van der Waals surface area contributed by atoms with E-state index in [1.165, 1.54) is 18.4 Å². The Morgan fingerprint density at radius 1 is 1.19 bits per heavy atom. The summed E-state index contributed by atoms with van der Waals surface area (Å²) in [4.78, 5) is 15.8. The van der Waals surface area contributed by atoms with Crippen LogP contribution in [0.5, 0.6) is 0 Å². The average molecular weight is 359 g/mol. The number of rotatable bonds is 5. The van der Waals surface area contributed by atoms with Gasteiger partial charge in [0, 0.05) is 35.6 Å². The fourth-order valence-corrected chi connectivity index (χ4v) is 3.38. The number of dihydropyridines is 1. The van der Waals surface area contributed by atoms with Gasteiger partial charge in [-0.25, -0.2) is 5.10 Å². The number of hydrogen-bond donors (Lipinski definition) is 4. The minimum atomic E-state index is -0.195. The Balaban J connectivity index is 1.49. The Morgan fingerprint density at radius 2 is 2.11 bits per heavy atom. The number of aromatic nitrogens is 3. The zero-order valence-electron chi connectivity index (χ0n) is 14.9. The van der Waals surface area contributed by atoms with Gasteiger partial charge in [0.25, 0.3) is 5.56 Å². The summed E-state index contributed by atoms with van der Waals surface area (Å²) in [5, 5.41) is 14.6. The molecule has 3 aromatic rings. The van der Waals surface area contributed by atoms with E-state index in [1.54, 1.807) is 0 Å². The highest BCUT2D eigenvalue weighted by molar-refractivity contribution is 5.86. The molecule has 2 aliphatic rings. The van der Waals surface area contributed by atoms with Crippen molar-refractivity contribution in [3.63, 3.8) is 0 Å². The van der Waals surface area contributed by atoms with Crippen LogP contribution in [-0.4, -0.2) is 27.8 Å². The van der Waals surface area contributed by atoms with E-state index in [-0.39, 0.29) is 5.56 Å². The minimum Gasteiger partial charge on any atom is -0.387 e. The van der Waals surface area contributed by atoms with Crippen molar-refractivity contribution in [3.05, 3.63) is 70.3 Å². The van der Waals surface area contributed by atoms with Gasteiger partial charge in [0.2, 0.25) is 0 Å². The van der Waals surface area contributed by atoms with Crippen molar-refractivity contribution >= 4 is 16.5 Å². The molecular weight excluding hydrogens is 338 g/mol. The SMILES string of the molecule is O=c1[nH]nc(C2=CCNC=C2)cc1-c1cc2ccc(CNC3CC3)cc2[nH]1. The third kappa shape index (κ3) is 3.31. The van der Waals surface area contributed by atoms with Crippen molar-refractivity contribution in [1.29, 1.82) is 0 Å². The molecule has 6 nitrogen and oxygen atoms in total. The van der Waals surface area contributed by atoms with E-state index < -0.39 is 0 Å². The van der Waals surface area contributed by atoms with E-state index in [2.05, 4.69) is 50.1 Å². The maximum absolute atomic E-state index is 12.4. The summed E-state index contributed by atoms with van der Waals surface area (Å²) in [7, 11) is 0. The number of aromatic amines is 2. The van der Waals surface area contributed by atoms with Crippen LogP contribution < -0.4 is 16.2 Å². The minimum absolute atomic E-state index is 0.195. The van der Waals surface area contributed by atoms with Crippen molar-refractivity contribution in [1.82, 2.24) is 25.8 Å². The molecule has 1 saturated carbocycles. The van der Waals surface area contributed by atoms with Crippen LogP contribution in [0.3, 0.4) is 0 Å². The predicted molar refractivity (Wildman–Crippen MR) is 107 cm³/mol. The smallest absolute Gasteiger partial charge is 0.273 e. The fourth-order valence-electron chi connectivity index (χ4n) is 3.38. The van der Waals surface area contributed by atoms with Crippen LogP contribution in [0.2, 0.25) is 0 Å². The summed E-state index contributed by atoms with van der Waals surface area (Å²) in [6, 6.07) is 11.0. The zero-order valence-corrected chi connectivity index (χ0v) is 14.9. The summed E-state index contributed by atoms with van der Waals surface area (Å²) in [6.45, 7) is 1.63. The molecule has 0 unspecified atom stereocenters. The van der Waals surface area contributed by atoms with Crippen molar-refractivity contribution in [2.75, 3.05) is 6.54 Å². The molecule has 0 atom stereocenters. The molecule has 136 valence electrons. The number of H-pyrrole nitrogens is 2. The van der Waals surface area contributed by atoms with Crippen LogP contribution in [0, 0.1) is 0 Å². The molecule has 2 aromatic heterocycles. The van der Waals surface area contributed by atoms with Gasteiger partial charge in [0.05, 0.1) is 17.0 Å². The van der Waals surface area contributed by atoms with Gasteiger partial charge in [-0.2, -0.15) is 5.10 Å². The zero-order chi connectivity index (χ0) is 18.2. The number of fused-ring (bicyclic) bond motifs is 1. The largest absolute Gasteiger partial charge is 0.387 e. The number of nitrogens with zero attached hydrogens (tertiary/aromatic N) is 1. The summed E-state index contributed by atoms with van der Waals surface area (Å²) in [5.41, 5.74) is 5.25. The molecule has 0 radical (unpaired) electrons. The van der Waals surface area contributed by atoms with Gasteiger partial charge in [0.1, 0.15) is 0 Å². The van der Waals surface area contributed by atoms with E-state index in [9.17, 15) is 4.79 Å². The summed E-state index contributed by atoms with van der Waals surface area (Å²) in [6.07, 6.45) is 8.46. The molecule has 6 heteroatoms. The van der Waals surface area contributed by atoms with E-state index in [4.69, 9.17) is 0 Å². The topological polar surface area (TPSA) is 85.6 Å². The Hall–Kier alpha value is -3.12. The van der Waals surface area contributed by atoms with Gasteiger partial charge in [-0.3, -0.25) is 4.79 Å². The third-order valence-corrected chi connectivity index (χ3v) is 5.07. The first kappa shape index (κ1) is 16.1. The molecule has 5 rings (SSSR count). The molecule has 0 saturated heterocycles. The molecule has 0 amide bonds. The van der Waals surface area contributed by atoms with Crippen molar-refractivity contribution in [3.8, 4) is 11.3 Å². The van der Waals surface area contributed by atoms with Crippen LogP contribution in [0.4, 0.5) is 0 Å². The highest BCUT2D eigenvalue weighted by Gasteiger charge is 2.20. The average Bonchev–Trinajstić information content (AvgIpc) is 3.44. The summed E-state index contributed by atoms with van der Waals surface area (Å²) >= 11 is 0. The Kier molecular flexibility index (Phi) is 3.90. The first-order valence-corrected chi connectivity index (χ1v) is 9.32. The molecule has 0 spiro atoms. The van der Waals surface area contributed by atoms with E-state index in [0.717, 1.165) is 41.0 Å². The maximum Gasteiger partial charge on any atom is 0.273 e. The fraction of sp³-hybridized carbons (Fsp3) is 0.238. The number of nitrogens with one attached hydrogen (secondary N) is 4. The quantitative estimate of drug-likeness (QED) is 0.564. The van der Waals surface area contributed by atoms with Gasteiger partial charge < -0.3 is 15.6 Å². The Labute approximate surface area is 156 Å². The lowest BCUT2D eigenvalue weighted by atomic mass is 10.1. The van der Waals surface area contributed by atoms with E-state index >= 15 is 0 Å². The third-order valence-electron chi connectivity index (χ3n) is 5.07. The van der Waals surface area contributed by atoms with Gasteiger partial charge in [-0.05, 0) is 48.9 Å². The van der Waals surface area contributed by atoms with Crippen molar-refractivity contribution in [2.45, 2.75) is 25.4 Å². The highest BCUT2D eigenvalue weighted by Crippen LogP contribution is 2.25. The molecule has 27 heavy (non-hydrogen) atoms. The van der Waals surface area contributed by atoms with Crippen LogP contribution in [0.25, 0.3) is 27.7 Å². The highest BCUT2D eigenvalue weighted by atomic mass is 16.1. The van der Waals surface area contributed by atoms with Crippen molar-refractivity contribution in [2.24, 2.45) is 0 Å². The van der Waals surface area contributed by atoms with Gasteiger partial charge in [-0.15, -0.1) is 0 Å². The predicted octanol–water partition coefficient (Wildman–Crippen LogP) is 2.67.